The lowest BCUT2D eigenvalue weighted by Crippen LogP contribution is -2.37. The van der Waals surface area contributed by atoms with E-state index < -0.39 is 0 Å². The lowest BCUT2D eigenvalue weighted by atomic mass is 10.1. The molecule has 1 aromatic carbocycles. The molecule has 112 valence electrons. The van der Waals surface area contributed by atoms with Crippen molar-refractivity contribution in [1.29, 1.82) is 0 Å². The summed E-state index contributed by atoms with van der Waals surface area (Å²) in [5.74, 6) is 1.11. The van der Waals surface area contributed by atoms with Gasteiger partial charge in [0.05, 0.1) is 20.3 Å². The lowest BCUT2D eigenvalue weighted by molar-refractivity contribution is -0.119. The van der Waals surface area contributed by atoms with Crippen LogP contribution in [0.5, 0.6) is 11.5 Å². The minimum Gasteiger partial charge on any atom is -0.493 e. The topological polar surface area (TPSA) is 64.8 Å². The third-order valence-electron chi connectivity index (χ3n) is 3.00. The summed E-state index contributed by atoms with van der Waals surface area (Å²) in [6, 6.07) is 6.03. The molecule has 0 atom stereocenters. The van der Waals surface area contributed by atoms with E-state index in [1.165, 1.54) is 0 Å². The van der Waals surface area contributed by atoms with Crippen LogP contribution in [0.25, 0.3) is 0 Å². The molecular formula is C15H24N2O3. The molecule has 0 spiro atoms. The highest BCUT2D eigenvalue weighted by atomic mass is 16.5. The summed E-state index contributed by atoms with van der Waals surface area (Å²) >= 11 is 0. The predicted octanol–water partition coefficient (Wildman–Crippen LogP) is 1.79. The van der Waals surface area contributed by atoms with Gasteiger partial charge in [-0.05, 0) is 38.5 Å². The van der Waals surface area contributed by atoms with Gasteiger partial charge in [0.1, 0.15) is 0 Å². The van der Waals surface area contributed by atoms with E-state index in [1.807, 2.05) is 43.9 Å². The molecule has 0 radical (unpaired) electrons. The third kappa shape index (κ3) is 4.74. The molecule has 0 saturated carbocycles. The molecule has 0 fully saturated rings. The summed E-state index contributed by atoms with van der Waals surface area (Å²) in [7, 11) is 1.62. The highest BCUT2D eigenvalue weighted by Crippen LogP contribution is 2.28. The number of ether oxygens (including phenoxy) is 2. The van der Waals surface area contributed by atoms with Crippen molar-refractivity contribution < 1.29 is 14.3 Å². The van der Waals surface area contributed by atoms with E-state index >= 15 is 0 Å². The summed E-state index contributed by atoms with van der Waals surface area (Å²) < 4.78 is 10.8. The van der Waals surface area contributed by atoms with Gasteiger partial charge in [0, 0.05) is 12.6 Å². The van der Waals surface area contributed by atoms with Crippen LogP contribution in [0.3, 0.4) is 0 Å². The van der Waals surface area contributed by atoms with Crippen LogP contribution in [0.2, 0.25) is 0 Å². The van der Waals surface area contributed by atoms with Crippen LogP contribution < -0.4 is 15.2 Å². The SMILES string of the molecule is CCOc1ccc(CN(CC(N)=O)C(C)C)cc1OC. The Labute approximate surface area is 120 Å². The van der Waals surface area contributed by atoms with Crippen LogP contribution in [-0.4, -0.2) is 37.1 Å². The molecule has 0 aromatic heterocycles. The molecule has 5 heteroatoms. The van der Waals surface area contributed by atoms with Gasteiger partial charge < -0.3 is 15.2 Å². The molecular weight excluding hydrogens is 256 g/mol. The van der Waals surface area contributed by atoms with Crippen molar-refractivity contribution in [2.24, 2.45) is 5.73 Å². The molecule has 0 aliphatic heterocycles. The van der Waals surface area contributed by atoms with Crippen molar-refractivity contribution in [2.45, 2.75) is 33.4 Å². The Kier molecular flexibility index (Phi) is 6.31. The number of methoxy groups -OCH3 is 1. The van der Waals surface area contributed by atoms with E-state index in [9.17, 15) is 4.79 Å². The van der Waals surface area contributed by atoms with Crippen LogP contribution in [0, 0.1) is 0 Å². The highest BCUT2D eigenvalue weighted by Gasteiger charge is 2.14. The van der Waals surface area contributed by atoms with Crippen molar-refractivity contribution in [2.75, 3.05) is 20.3 Å². The van der Waals surface area contributed by atoms with Gasteiger partial charge in [-0.1, -0.05) is 6.07 Å². The fourth-order valence-electron chi connectivity index (χ4n) is 1.94. The smallest absolute Gasteiger partial charge is 0.231 e. The van der Waals surface area contributed by atoms with Crippen LogP contribution in [0.1, 0.15) is 26.3 Å². The van der Waals surface area contributed by atoms with Crippen LogP contribution >= 0.6 is 0 Å². The van der Waals surface area contributed by atoms with Gasteiger partial charge in [-0.25, -0.2) is 0 Å². The second-order valence-corrected chi connectivity index (χ2v) is 4.88. The first-order valence-electron chi connectivity index (χ1n) is 6.80. The van der Waals surface area contributed by atoms with Gasteiger partial charge in [0.2, 0.25) is 5.91 Å². The molecule has 0 heterocycles. The zero-order valence-corrected chi connectivity index (χ0v) is 12.7. The molecule has 0 aliphatic carbocycles. The van der Waals surface area contributed by atoms with Crippen LogP contribution in [0.15, 0.2) is 18.2 Å². The van der Waals surface area contributed by atoms with Gasteiger partial charge in [-0.2, -0.15) is 0 Å². The number of carbonyl (C=O) groups is 1. The minimum absolute atomic E-state index is 0.236. The molecule has 0 unspecified atom stereocenters. The van der Waals surface area contributed by atoms with Crippen molar-refractivity contribution >= 4 is 5.91 Å². The van der Waals surface area contributed by atoms with Crippen LogP contribution in [-0.2, 0) is 11.3 Å². The van der Waals surface area contributed by atoms with Crippen molar-refractivity contribution in [3.8, 4) is 11.5 Å². The number of hydrogen-bond acceptors (Lipinski definition) is 4. The van der Waals surface area contributed by atoms with E-state index in [2.05, 4.69) is 0 Å². The quantitative estimate of drug-likeness (QED) is 0.788. The normalized spacial score (nSPS) is 10.9. The number of benzene rings is 1. The van der Waals surface area contributed by atoms with E-state index in [4.69, 9.17) is 15.2 Å². The number of primary amides is 1. The third-order valence-corrected chi connectivity index (χ3v) is 3.00. The average molecular weight is 280 g/mol. The molecule has 2 N–H and O–H groups in total. The number of nitrogens with two attached hydrogens (primary N) is 1. The van der Waals surface area contributed by atoms with E-state index in [0.717, 1.165) is 11.3 Å². The monoisotopic (exact) mass is 280 g/mol. The predicted molar refractivity (Wildman–Crippen MR) is 78.9 cm³/mol. The van der Waals surface area contributed by atoms with Crippen LogP contribution in [0.4, 0.5) is 0 Å². The van der Waals surface area contributed by atoms with Gasteiger partial charge >= 0.3 is 0 Å². The van der Waals surface area contributed by atoms with Gasteiger partial charge in [-0.15, -0.1) is 0 Å². The maximum absolute atomic E-state index is 11.1. The van der Waals surface area contributed by atoms with Crippen molar-refractivity contribution in [3.05, 3.63) is 23.8 Å². The summed E-state index contributed by atoms with van der Waals surface area (Å²) in [5, 5.41) is 0. The Hall–Kier alpha value is -1.75. The Bertz CT molecular complexity index is 447. The molecule has 1 rings (SSSR count). The molecule has 0 bridgehead atoms. The first-order valence-corrected chi connectivity index (χ1v) is 6.80. The summed E-state index contributed by atoms with van der Waals surface area (Å²) in [4.78, 5) is 13.1. The second kappa shape index (κ2) is 7.75. The molecule has 0 aliphatic rings. The number of amides is 1. The van der Waals surface area contributed by atoms with E-state index in [0.29, 0.717) is 18.9 Å². The van der Waals surface area contributed by atoms with Crippen molar-refractivity contribution in [3.63, 3.8) is 0 Å². The Morgan fingerprint density at radius 1 is 1.35 bits per heavy atom. The van der Waals surface area contributed by atoms with Gasteiger partial charge in [0.25, 0.3) is 0 Å². The Balaban J connectivity index is 2.87. The number of nitrogens with zero attached hydrogens (tertiary/aromatic N) is 1. The number of hydrogen-bond donors (Lipinski definition) is 1. The van der Waals surface area contributed by atoms with E-state index in [1.54, 1.807) is 7.11 Å². The fraction of sp³-hybridized carbons (Fsp3) is 0.533. The van der Waals surface area contributed by atoms with Gasteiger partial charge in [-0.3, -0.25) is 9.69 Å². The first-order chi connectivity index (χ1) is 9.47. The van der Waals surface area contributed by atoms with Gasteiger partial charge in [0.15, 0.2) is 11.5 Å². The summed E-state index contributed by atoms with van der Waals surface area (Å²) in [5.41, 5.74) is 6.34. The largest absolute Gasteiger partial charge is 0.493 e. The number of carbonyl (C=O) groups excluding carboxylic acids is 1. The first kappa shape index (κ1) is 16.3. The summed E-state index contributed by atoms with van der Waals surface area (Å²) in [6.45, 7) is 7.48. The zero-order valence-electron chi connectivity index (χ0n) is 12.7. The highest BCUT2D eigenvalue weighted by molar-refractivity contribution is 5.75. The summed E-state index contributed by atoms with van der Waals surface area (Å²) in [6.07, 6.45) is 0. The number of rotatable bonds is 8. The van der Waals surface area contributed by atoms with Crippen molar-refractivity contribution in [1.82, 2.24) is 4.90 Å². The maximum atomic E-state index is 11.1. The maximum Gasteiger partial charge on any atom is 0.231 e. The molecule has 5 nitrogen and oxygen atoms in total. The Morgan fingerprint density at radius 3 is 2.55 bits per heavy atom. The van der Waals surface area contributed by atoms with E-state index in [-0.39, 0.29) is 18.5 Å². The fourth-order valence-corrected chi connectivity index (χ4v) is 1.94. The zero-order chi connectivity index (χ0) is 15.1. The molecule has 20 heavy (non-hydrogen) atoms. The lowest BCUT2D eigenvalue weighted by Gasteiger charge is -2.25. The molecule has 1 aromatic rings. The molecule has 1 amide bonds. The second-order valence-electron chi connectivity index (χ2n) is 4.88. The standard InChI is InChI=1S/C15H24N2O3/c1-5-20-13-7-6-12(8-14(13)19-4)9-17(11(2)3)10-15(16)18/h6-8,11H,5,9-10H2,1-4H3,(H2,16,18). The Morgan fingerprint density at radius 2 is 2.05 bits per heavy atom. The molecule has 0 saturated heterocycles. The average Bonchev–Trinajstić information content (AvgIpc) is 2.39. The minimum atomic E-state index is -0.323.